The van der Waals surface area contributed by atoms with Crippen LogP contribution < -0.4 is 9.79 Å². The molecule has 0 aromatic heterocycles. The SMILES string of the molecule is COC[C@]12CO[C@@H](C1OP(C)(=O)[O-])[C@H](C)O2.COC[C@]12CO[C@@H](C1OP(C)(=O)[O-])[C@H](C)O2. The smallest absolute Gasteiger partial charge is 0.144 e. The van der Waals surface area contributed by atoms with Gasteiger partial charge in [0.2, 0.25) is 0 Å². The summed E-state index contributed by atoms with van der Waals surface area (Å²) in [6.07, 6.45) is -2.23. The van der Waals surface area contributed by atoms with Gasteiger partial charge in [-0.2, -0.15) is 0 Å². The zero-order valence-corrected chi connectivity index (χ0v) is 20.9. The molecule has 0 aromatic rings. The quantitative estimate of drug-likeness (QED) is 0.394. The second kappa shape index (κ2) is 9.60. The van der Waals surface area contributed by atoms with Gasteiger partial charge in [0, 0.05) is 27.5 Å². The van der Waals surface area contributed by atoms with Crippen molar-refractivity contribution in [2.24, 2.45) is 0 Å². The number of hydrogen-bond donors (Lipinski definition) is 0. The summed E-state index contributed by atoms with van der Waals surface area (Å²) in [6, 6.07) is 0. The highest BCUT2D eigenvalue weighted by molar-refractivity contribution is 7.50. The molecule has 12 nitrogen and oxygen atoms in total. The van der Waals surface area contributed by atoms with Crippen molar-refractivity contribution in [3.05, 3.63) is 0 Å². The molecule has 0 radical (unpaired) electrons. The fourth-order valence-electron chi connectivity index (χ4n) is 4.78. The second-order valence-corrected chi connectivity index (χ2v) is 12.3. The molecule has 0 aromatic carbocycles. The zero-order chi connectivity index (χ0) is 23.9. The summed E-state index contributed by atoms with van der Waals surface area (Å²) >= 11 is 0. The molecule has 0 amide bonds. The van der Waals surface area contributed by atoms with Gasteiger partial charge in [-0.05, 0) is 13.8 Å². The summed E-state index contributed by atoms with van der Waals surface area (Å²) in [4.78, 5) is 22.4. The molecule has 4 heterocycles. The Morgan fingerprint density at radius 1 is 0.812 bits per heavy atom. The van der Waals surface area contributed by atoms with Crippen LogP contribution in [0.4, 0.5) is 0 Å². The first-order valence-corrected chi connectivity index (χ1v) is 14.2. The Morgan fingerprint density at radius 3 is 1.41 bits per heavy atom. The number of rotatable bonds is 8. The summed E-state index contributed by atoms with van der Waals surface area (Å²) in [5.41, 5.74) is -1.57. The Bertz CT molecular complexity index is 692. The molecule has 0 spiro atoms. The molecular weight excluding hydrogens is 470 g/mol. The monoisotopic (exact) mass is 502 g/mol. The van der Waals surface area contributed by atoms with E-state index in [0.29, 0.717) is 13.2 Å². The van der Waals surface area contributed by atoms with Crippen molar-refractivity contribution < 1.29 is 56.4 Å². The topological polar surface area (TPSA) is 154 Å². The Morgan fingerprint density at radius 2 is 1.16 bits per heavy atom. The number of methoxy groups -OCH3 is 2. The van der Waals surface area contributed by atoms with E-state index in [1.165, 1.54) is 14.2 Å². The first-order chi connectivity index (χ1) is 14.8. The van der Waals surface area contributed by atoms with Crippen molar-refractivity contribution in [1.29, 1.82) is 0 Å². The van der Waals surface area contributed by atoms with E-state index in [2.05, 4.69) is 0 Å². The summed E-state index contributed by atoms with van der Waals surface area (Å²) in [5.74, 6) is 0. The largest absolute Gasteiger partial charge is 0.779 e. The van der Waals surface area contributed by atoms with Crippen LogP contribution in [-0.4, -0.2) is 102 Å². The minimum absolute atomic E-state index is 0.180. The maximum Gasteiger partial charge on any atom is 0.144 e. The average Bonchev–Trinajstić information content (AvgIpc) is 3.28. The van der Waals surface area contributed by atoms with Crippen LogP contribution >= 0.6 is 15.2 Å². The molecule has 0 aliphatic carbocycles. The molecular formula is C18H32O12P2-2. The molecule has 10 atom stereocenters. The van der Waals surface area contributed by atoms with Crippen molar-refractivity contribution >= 4 is 15.2 Å². The summed E-state index contributed by atoms with van der Waals surface area (Å²) < 4.78 is 65.1. The highest BCUT2D eigenvalue weighted by atomic mass is 31.2. The van der Waals surface area contributed by atoms with Crippen LogP contribution in [0.2, 0.25) is 0 Å². The van der Waals surface area contributed by atoms with Crippen LogP contribution in [0.5, 0.6) is 0 Å². The minimum atomic E-state index is -3.81. The Hall–Kier alpha value is 0.0600. The van der Waals surface area contributed by atoms with Gasteiger partial charge in [0.15, 0.2) is 0 Å². The van der Waals surface area contributed by atoms with Crippen LogP contribution in [0.25, 0.3) is 0 Å². The average molecular weight is 502 g/mol. The molecule has 0 N–H and O–H groups in total. The lowest BCUT2D eigenvalue weighted by Gasteiger charge is -2.31. The minimum Gasteiger partial charge on any atom is -0.779 e. The highest BCUT2D eigenvalue weighted by Gasteiger charge is 2.62. The molecule has 4 aliphatic heterocycles. The van der Waals surface area contributed by atoms with Crippen LogP contribution in [0.15, 0.2) is 0 Å². The standard InChI is InChI=1S/2C9H17O6P/c2*1-6-7-8(15-16(3,10)11)9(14-6,4-12-2)5-13-7/h2*6-8H,4-5H2,1-3H3,(H,10,11)/p-2/t2*6-,7+,8?,9-/m00/s1. The van der Waals surface area contributed by atoms with Gasteiger partial charge in [-0.3, -0.25) is 0 Å². The van der Waals surface area contributed by atoms with Gasteiger partial charge < -0.3 is 56.4 Å². The third kappa shape index (κ3) is 5.48. The number of hydrogen-bond acceptors (Lipinski definition) is 12. The number of ether oxygens (including phenoxy) is 6. The fraction of sp³-hybridized carbons (Fsp3) is 1.00. The third-order valence-electron chi connectivity index (χ3n) is 5.83. The molecule has 4 fully saturated rings. The van der Waals surface area contributed by atoms with Gasteiger partial charge in [-0.15, -0.1) is 0 Å². The predicted octanol–water partition coefficient (Wildman–Crippen LogP) is -0.485. The Balaban J connectivity index is 0.000000181. The van der Waals surface area contributed by atoms with Gasteiger partial charge in [0.25, 0.3) is 0 Å². The van der Waals surface area contributed by atoms with Crippen molar-refractivity contribution in [3.63, 3.8) is 0 Å². The number of fused-ring (bicyclic) bond motifs is 4. The molecule has 32 heavy (non-hydrogen) atoms. The second-order valence-electron chi connectivity index (χ2n) is 8.79. The zero-order valence-electron chi connectivity index (χ0n) is 19.1. The summed E-state index contributed by atoms with van der Waals surface area (Å²) in [7, 11) is -4.54. The third-order valence-corrected chi connectivity index (χ3v) is 7.05. The lowest BCUT2D eigenvalue weighted by atomic mass is 10.00. The van der Waals surface area contributed by atoms with Gasteiger partial charge in [-0.1, -0.05) is 0 Å². The van der Waals surface area contributed by atoms with Gasteiger partial charge >= 0.3 is 0 Å². The summed E-state index contributed by atoms with van der Waals surface area (Å²) in [6.45, 7) is 6.91. The van der Waals surface area contributed by atoms with Crippen molar-refractivity contribution in [2.45, 2.75) is 61.7 Å². The van der Waals surface area contributed by atoms with E-state index in [-0.39, 0.29) is 37.6 Å². The molecule has 4 bridgehead atoms. The lowest BCUT2D eigenvalue weighted by Crippen LogP contribution is -2.46. The molecule has 4 saturated heterocycles. The van der Waals surface area contributed by atoms with E-state index < -0.39 is 38.6 Å². The van der Waals surface area contributed by atoms with Gasteiger partial charge in [-0.25, -0.2) is 0 Å². The van der Waals surface area contributed by atoms with Crippen LogP contribution in [0.3, 0.4) is 0 Å². The van der Waals surface area contributed by atoms with Crippen LogP contribution in [-0.2, 0) is 46.6 Å². The van der Waals surface area contributed by atoms with Crippen molar-refractivity contribution in [1.82, 2.24) is 0 Å². The molecule has 4 aliphatic rings. The van der Waals surface area contributed by atoms with Gasteiger partial charge in [0.05, 0.1) is 38.6 Å². The van der Waals surface area contributed by atoms with E-state index in [9.17, 15) is 18.9 Å². The maximum absolute atomic E-state index is 11.2. The van der Waals surface area contributed by atoms with E-state index in [1.54, 1.807) is 0 Å². The highest BCUT2D eigenvalue weighted by Crippen LogP contribution is 2.49. The first-order valence-electron chi connectivity index (χ1n) is 10.3. The lowest BCUT2D eigenvalue weighted by molar-refractivity contribution is -0.207. The van der Waals surface area contributed by atoms with Crippen molar-refractivity contribution in [2.75, 3.05) is 54.0 Å². The predicted molar refractivity (Wildman–Crippen MR) is 107 cm³/mol. The molecule has 4 rings (SSSR count). The van der Waals surface area contributed by atoms with E-state index >= 15 is 0 Å². The molecule has 14 heteroatoms. The molecule has 188 valence electrons. The maximum atomic E-state index is 11.2. The normalized spacial score (nSPS) is 45.9. The van der Waals surface area contributed by atoms with Crippen LogP contribution in [0, 0.1) is 0 Å². The van der Waals surface area contributed by atoms with E-state index in [4.69, 9.17) is 37.5 Å². The van der Waals surface area contributed by atoms with Gasteiger partial charge in [0.1, 0.15) is 50.8 Å². The molecule has 4 unspecified atom stereocenters. The molecule has 0 saturated carbocycles. The first kappa shape index (κ1) is 26.7. The Labute approximate surface area is 187 Å². The summed E-state index contributed by atoms with van der Waals surface area (Å²) in [5, 5.41) is 0. The van der Waals surface area contributed by atoms with E-state index in [0.717, 1.165) is 13.3 Å². The van der Waals surface area contributed by atoms with Crippen molar-refractivity contribution in [3.8, 4) is 0 Å². The fourth-order valence-corrected chi connectivity index (χ4v) is 6.23. The van der Waals surface area contributed by atoms with E-state index in [1.807, 2.05) is 13.8 Å². The van der Waals surface area contributed by atoms with Crippen LogP contribution in [0.1, 0.15) is 13.8 Å². The Kier molecular flexibility index (Phi) is 8.00.